The third-order valence-corrected chi connectivity index (χ3v) is 2.97. The number of hydrogen-bond donors (Lipinski definition) is 1. The van der Waals surface area contributed by atoms with E-state index in [-0.39, 0.29) is 0 Å². The van der Waals surface area contributed by atoms with Crippen LogP contribution in [0.4, 0.5) is 0 Å². The van der Waals surface area contributed by atoms with Gasteiger partial charge in [0.25, 0.3) is 0 Å². The summed E-state index contributed by atoms with van der Waals surface area (Å²) >= 11 is 0. The van der Waals surface area contributed by atoms with Gasteiger partial charge in [0.2, 0.25) is 0 Å². The second-order valence-corrected chi connectivity index (χ2v) is 6.24. The van der Waals surface area contributed by atoms with E-state index in [0.717, 1.165) is 13.1 Å². The fourth-order valence-electron chi connectivity index (χ4n) is 2.39. The van der Waals surface area contributed by atoms with E-state index in [9.17, 15) is 0 Å². The van der Waals surface area contributed by atoms with Crippen molar-refractivity contribution >= 4 is 0 Å². The van der Waals surface area contributed by atoms with E-state index < -0.39 is 0 Å². The quantitative estimate of drug-likeness (QED) is 0.763. The molecule has 1 aliphatic heterocycles. The van der Waals surface area contributed by atoms with Gasteiger partial charge in [-0.25, -0.2) is 0 Å². The lowest BCUT2D eigenvalue weighted by molar-refractivity contribution is 0.196. The van der Waals surface area contributed by atoms with Crippen LogP contribution in [0.25, 0.3) is 0 Å². The first kappa shape index (κ1) is 13.9. The molecule has 0 aliphatic carbocycles. The SMILES string of the molecule is CN(CCCN1CCNCC1)CC(C)(C)C. The van der Waals surface area contributed by atoms with Crippen molar-refractivity contribution in [2.75, 3.05) is 52.9 Å². The van der Waals surface area contributed by atoms with E-state index in [0.29, 0.717) is 5.41 Å². The van der Waals surface area contributed by atoms with Crippen molar-refractivity contribution in [3.05, 3.63) is 0 Å². The van der Waals surface area contributed by atoms with Crippen molar-refractivity contribution < 1.29 is 0 Å². The molecule has 96 valence electrons. The Balaban J connectivity index is 2.05. The van der Waals surface area contributed by atoms with Gasteiger partial charge in [0.15, 0.2) is 0 Å². The Bertz CT molecular complexity index is 180. The standard InChI is InChI=1S/C13H29N3/c1-13(2,3)12-15(4)8-5-9-16-10-6-14-7-11-16/h14H,5-12H2,1-4H3. The topological polar surface area (TPSA) is 18.5 Å². The molecule has 0 bridgehead atoms. The summed E-state index contributed by atoms with van der Waals surface area (Å²) in [4.78, 5) is 5.03. The Morgan fingerprint density at radius 2 is 1.81 bits per heavy atom. The largest absolute Gasteiger partial charge is 0.314 e. The molecule has 3 heteroatoms. The Hall–Kier alpha value is -0.120. The maximum Gasteiger partial charge on any atom is 0.0107 e. The van der Waals surface area contributed by atoms with Crippen LogP contribution in [0, 0.1) is 5.41 Å². The lowest BCUT2D eigenvalue weighted by Crippen LogP contribution is -2.44. The first-order chi connectivity index (χ1) is 7.47. The Morgan fingerprint density at radius 3 is 2.38 bits per heavy atom. The Morgan fingerprint density at radius 1 is 1.19 bits per heavy atom. The first-order valence-corrected chi connectivity index (χ1v) is 6.59. The summed E-state index contributed by atoms with van der Waals surface area (Å²) in [5.41, 5.74) is 0.420. The molecule has 0 unspecified atom stereocenters. The summed E-state index contributed by atoms with van der Waals surface area (Å²) < 4.78 is 0. The molecular weight excluding hydrogens is 198 g/mol. The number of nitrogens with zero attached hydrogens (tertiary/aromatic N) is 2. The van der Waals surface area contributed by atoms with Crippen LogP contribution in [0.2, 0.25) is 0 Å². The fraction of sp³-hybridized carbons (Fsp3) is 1.00. The van der Waals surface area contributed by atoms with Gasteiger partial charge < -0.3 is 15.1 Å². The maximum absolute atomic E-state index is 3.39. The second kappa shape index (κ2) is 6.58. The van der Waals surface area contributed by atoms with Gasteiger partial charge in [-0.2, -0.15) is 0 Å². The molecule has 0 amide bonds. The Kier molecular flexibility index (Phi) is 5.73. The smallest absolute Gasteiger partial charge is 0.0107 e. The molecule has 1 rings (SSSR count). The summed E-state index contributed by atoms with van der Waals surface area (Å²) in [6.45, 7) is 15.4. The summed E-state index contributed by atoms with van der Waals surface area (Å²) in [5, 5.41) is 3.39. The van der Waals surface area contributed by atoms with Crippen LogP contribution in [0.3, 0.4) is 0 Å². The van der Waals surface area contributed by atoms with Crippen LogP contribution < -0.4 is 5.32 Å². The second-order valence-electron chi connectivity index (χ2n) is 6.24. The van der Waals surface area contributed by atoms with E-state index in [2.05, 4.69) is 42.9 Å². The van der Waals surface area contributed by atoms with Crippen LogP contribution in [0.15, 0.2) is 0 Å². The van der Waals surface area contributed by atoms with Crippen molar-refractivity contribution in [3.63, 3.8) is 0 Å². The van der Waals surface area contributed by atoms with Crippen LogP contribution in [-0.2, 0) is 0 Å². The molecule has 0 atom stereocenters. The number of hydrogen-bond acceptors (Lipinski definition) is 3. The molecule has 0 radical (unpaired) electrons. The van der Waals surface area contributed by atoms with Crippen molar-refractivity contribution in [2.24, 2.45) is 5.41 Å². The number of nitrogens with one attached hydrogen (secondary N) is 1. The summed E-state index contributed by atoms with van der Waals surface area (Å²) in [6, 6.07) is 0. The van der Waals surface area contributed by atoms with E-state index in [1.165, 1.54) is 39.1 Å². The number of rotatable bonds is 5. The third kappa shape index (κ3) is 6.46. The van der Waals surface area contributed by atoms with Gasteiger partial charge in [-0.15, -0.1) is 0 Å². The number of piperazine rings is 1. The van der Waals surface area contributed by atoms with Gasteiger partial charge in [0.1, 0.15) is 0 Å². The molecule has 1 saturated heterocycles. The zero-order chi connectivity index (χ0) is 12.0. The van der Waals surface area contributed by atoms with Crippen LogP contribution in [-0.4, -0.2) is 62.7 Å². The molecule has 0 saturated carbocycles. The third-order valence-electron chi connectivity index (χ3n) is 2.97. The first-order valence-electron chi connectivity index (χ1n) is 6.59. The minimum absolute atomic E-state index is 0.420. The highest BCUT2D eigenvalue weighted by Crippen LogP contribution is 2.14. The predicted molar refractivity (Wildman–Crippen MR) is 70.9 cm³/mol. The van der Waals surface area contributed by atoms with Gasteiger partial charge >= 0.3 is 0 Å². The minimum atomic E-state index is 0.420. The highest BCUT2D eigenvalue weighted by atomic mass is 15.2. The van der Waals surface area contributed by atoms with E-state index in [1.807, 2.05) is 0 Å². The van der Waals surface area contributed by atoms with Crippen LogP contribution in [0.5, 0.6) is 0 Å². The van der Waals surface area contributed by atoms with E-state index in [4.69, 9.17) is 0 Å². The average molecular weight is 227 g/mol. The van der Waals surface area contributed by atoms with Crippen molar-refractivity contribution in [1.29, 1.82) is 0 Å². The van der Waals surface area contributed by atoms with Crippen LogP contribution in [0.1, 0.15) is 27.2 Å². The van der Waals surface area contributed by atoms with Gasteiger partial charge in [-0.05, 0) is 32.0 Å². The molecule has 16 heavy (non-hydrogen) atoms. The van der Waals surface area contributed by atoms with Gasteiger partial charge in [-0.1, -0.05) is 20.8 Å². The molecular formula is C13H29N3. The van der Waals surface area contributed by atoms with Gasteiger partial charge in [0, 0.05) is 32.7 Å². The summed E-state index contributed by atoms with van der Waals surface area (Å²) in [7, 11) is 2.24. The van der Waals surface area contributed by atoms with Crippen LogP contribution >= 0.6 is 0 Å². The van der Waals surface area contributed by atoms with Crippen molar-refractivity contribution in [3.8, 4) is 0 Å². The monoisotopic (exact) mass is 227 g/mol. The summed E-state index contributed by atoms with van der Waals surface area (Å²) in [5.74, 6) is 0. The zero-order valence-corrected chi connectivity index (χ0v) is 11.6. The molecule has 0 aromatic heterocycles. The predicted octanol–water partition coefficient (Wildman–Crippen LogP) is 1.26. The normalized spacial score (nSPS) is 19.3. The molecule has 0 aromatic rings. The molecule has 1 N–H and O–H groups in total. The van der Waals surface area contributed by atoms with Crippen molar-refractivity contribution in [1.82, 2.24) is 15.1 Å². The zero-order valence-electron chi connectivity index (χ0n) is 11.6. The molecule has 0 aromatic carbocycles. The average Bonchev–Trinajstić information content (AvgIpc) is 2.16. The minimum Gasteiger partial charge on any atom is -0.314 e. The fourth-order valence-corrected chi connectivity index (χ4v) is 2.39. The summed E-state index contributed by atoms with van der Waals surface area (Å²) in [6.07, 6.45) is 1.30. The molecule has 1 heterocycles. The Labute approximate surface area is 101 Å². The molecule has 0 spiro atoms. The molecule has 1 aliphatic rings. The van der Waals surface area contributed by atoms with Gasteiger partial charge in [-0.3, -0.25) is 0 Å². The molecule has 1 fully saturated rings. The highest BCUT2D eigenvalue weighted by Gasteiger charge is 2.14. The maximum atomic E-state index is 3.39. The van der Waals surface area contributed by atoms with Crippen molar-refractivity contribution in [2.45, 2.75) is 27.2 Å². The van der Waals surface area contributed by atoms with Gasteiger partial charge in [0.05, 0.1) is 0 Å². The van der Waals surface area contributed by atoms with E-state index >= 15 is 0 Å². The van der Waals surface area contributed by atoms with E-state index in [1.54, 1.807) is 0 Å². The lowest BCUT2D eigenvalue weighted by Gasteiger charge is -2.29. The molecule has 3 nitrogen and oxygen atoms in total. The highest BCUT2D eigenvalue weighted by molar-refractivity contribution is 4.70. The lowest BCUT2D eigenvalue weighted by atomic mass is 9.96.